The van der Waals surface area contributed by atoms with Crippen molar-refractivity contribution in [2.45, 2.75) is 32.2 Å². The Kier molecular flexibility index (Phi) is 8.09. The number of fused-ring (bicyclic) bond motifs is 1. The Bertz CT molecular complexity index is 826. The van der Waals surface area contributed by atoms with Crippen molar-refractivity contribution in [1.82, 2.24) is 10.3 Å². The Morgan fingerprint density at radius 1 is 1.19 bits per heavy atom. The maximum Gasteiger partial charge on any atom is 0.287 e. The zero-order valence-electron chi connectivity index (χ0n) is 14.7. The van der Waals surface area contributed by atoms with E-state index in [1.807, 2.05) is 38.1 Å². The van der Waals surface area contributed by atoms with Gasteiger partial charge in [0.1, 0.15) is 0 Å². The molecule has 0 radical (unpaired) electrons. The molecule has 0 aliphatic rings. The average Bonchev–Trinajstić information content (AvgIpc) is 3.25. The minimum atomic E-state index is -0.377. The molecule has 3 aromatic rings. The predicted octanol–water partition coefficient (Wildman–Crippen LogP) is 4.65. The van der Waals surface area contributed by atoms with Crippen LogP contribution in [0.3, 0.4) is 0 Å². The largest absolute Gasteiger partial charge is 0.448 e. The molecule has 0 saturated carbocycles. The number of nitrogens with two attached hydrogens (primary N) is 1. The standard InChI is InChI=1S/C18H21N3O2S.2ClH/c1-3-18(19,4-2)11-20-16(22)13-9-10-14(23-13)17-21-12-7-5-6-8-15(12)24-17;;/h5-10H,3-4,11,19H2,1-2H3,(H,20,22);2*1H. The molecule has 0 atom stereocenters. The lowest BCUT2D eigenvalue weighted by molar-refractivity contribution is 0.0915. The number of halogens is 2. The number of nitrogens with zero attached hydrogens (tertiary/aromatic N) is 1. The highest BCUT2D eigenvalue weighted by atomic mass is 35.5. The fourth-order valence-corrected chi connectivity index (χ4v) is 3.32. The summed E-state index contributed by atoms with van der Waals surface area (Å²) in [5.74, 6) is 0.629. The monoisotopic (exact) mass is 415 g/mol. The molecule has 0 bridgehead atoms. The zero-order chi connectivity index (χ0) is 17.2. The molecule has 1 aromatic carbocycles. The van der Waals surface area contributed by atoms with Crippen molar-refractivity contribution in [1.29, 1.82) is 0 Å². The van der Waals surface area contributed by atoms with Gasteiger partial charge in [-0.2, -0.15) is 0 Å². The molecule has 0 spiro atoms. The van der Waals surface area contributed by atoms with Gasteiger partial charge in [0.15, 0.2) is 16.5 Å². The van der Waals surface area contributed by atoms with E-state index in [-0.39, 0.29) is 42.0 Å². The Hall–Kier alpha value is -1.60. The molecule has 0 fully saturated rings. The molecule has 5 nitrogen and oxygen atoms in total. The van der Waals surface area contributed by atoms with Gasteiger partial charge >= 0.3 is 0 Å². The van der Waals surface area contributed by atoms with E-state index >= 15 is 0 Å². The predicted molar refractivity (Wildman–Crippen MR) is 112 cm³/mol. The SMILES string of the molecule is CCC(N)(CC)CNC(=O)c1ccc(-c2nc3ccccc3s2)o1.Cl.Cl. The van der Waals surface area contributed by atoms with Gasteiger partial charge < -0.3 is 15.5 Å². The number of hydrogen-bond donors (Lipinski definition) is 2. The molecule has 0 saturated heterocycles. The molecule has 0 aliphatic carbocycles. The Labute approximate surface area is 169 Å². The summed E-state index contributed by atoms with van der Waals surface area (Å²) in [7, 11) is 0. The third-order valence-corrected chi connectivity index (χ3v) is 5.39. The number of amides is 1. The summed E-state index contributed by atoms with van der Waals surface area (Å²) in [6.45, 7) is 4.47. The number of hydrogen-bond acceptors (Lipinski definition) is 5. The first-order valence-corrected chi connectivity index (χ1v) is 8.89. The van der Waals surface area contributed by atoms with Gasteiger partial charge in [0.25, 0.3) is 5.91 Å². The first-order chi connectivity index (χ1) is 11.5. The lowest BCUT2D eigenvalue weighted by Gasteiger charge is -2.26. The molecule has 8 heteroatoms. The van der Waals surface area contributed by atoms with Crippen molar-refractivity contribution in [2.24, 2.45) is 5.73 Å². The quantitative estimate of drug-likeness (QED) is 0.613. The number of furan rings is 1. The van der Waals surface area contributed by atoms with Gasteiger partial charge in [0.2, 0.25) is 0 Å². The van der Waals surface area contributed by atoms with Crippen LogP contribution in [0.2, 0.25) is 0 Å². The van der Waals surface area contributed by atoms with Crippen molar-refractivity contribution in [3.05, 3.63) is 42.2 Å². The second kappa shape index (κ2) is 9.37. The lowest BCUT2D eigenvalue weighted by atomic mass is 9.94. The normalized spacial score (nSPS) is 10.9. The Morgan fingerprint density at radius 3 is 2.54 bits per heavy atom. The molecule has 26 heavy (non-hydrogen) atoms. The number of para-hydroxylation sites is 1. The van der Waals surface area contributed by atoms with E-state index in [0.717, 1.165) is 28.1 Å². The van der Waals surface area contributed by atoms with Gasteiger partial charge in [-0.05, 0) is 37.1 Å². The highest BCUT2D eigenvalue weighted by Gasteiger charge is 2.22. The van der Waals surface area contributed by atoms with Gasteiger partial charge in [0, 0.05) is 12.1 Å². The maximum absolute atomic E-state index is 12.3. The minimum absolute atomic E-state index is 0. The van der Waals surface area contributed by atoms with Crippen LogP contribution in [0.1, 0.15) is 37.2 Å². The minimum Gasteiger partial charge on any atom is -0.448 e. The number of aromatic nitrogens is 1. The van der Waals surface area contributed by atoms with E-state index in [1.54, 1.807) is 23.5 Å². The van der Waals surface area contributed by atoms with Crippen LogP contribution >= 0.6 is 36.2 Å². The third kappa shape index (κ3) is 4.76. The van der Waals surface area contributed by atoms with Crippen LogP contribution in [-0.2, 0) is 0 Å². The van der Waals surface area contributed by atoms with E-state index in [1.165, 1.54) is 0 Å². The number of benzene rings is 1. The van der Waals surface area contributed by atoms with E-state index in [9.17, 15) is 4.79 Å². The second-order valence-corrected chi connectivity index (χ2v) is 6.93. The van der Waals surface area contributed by atoms with Crippen LogP contribution in [0.4, 0.5) is 0 Å². The molecule has 2 aromatic heterocycles. The van der Waals surface area contributed by atoms with Gasteiger partial charge in [-0.3, -0.25) is 4.79 Å². The molecule has 1 amide bonds. The van der Waals surface area contributed by atoms with E-state index in [0.29, 0.717) is 12.3 Å². The fraction of sp³-hybridized carbons (Fsp3) is 0.333. The van der Waals surface area contributed by atoms with Gasteiger partial charge in [-0.15, -0.1) is 36.2 Å². The van der Waals surface area contributed by atoms with Crippen molar-refractivity contribution < 1.29 is 9.21 Å². The zero-order valence-corrected chi connectivity index (χ0v) is 17.1. The van der Waals surface area contributed by atoms with Crippen LogP contribution in [-0.4, -0.2) is 23.0 Å². The number of nitrogens with one attached hydrogen (secondary N) is 1. The molecule has 2 heterocycles. The average molecular weight is 416 g/mol. The van der Waals surface area contributed by atoms with Crippen LogP contribution < -0.4 is 11.1 Å². The topological polar surface area (TPSA) is 81.1 Å². The molecule has 3 N–H and O–H groups in total. The first kappa shape index (κ1) is 22.4. The molecule has 142 valence electrons. The summed E-state index contributed by atoms with van der Waals surface area (Å²) < 4.78 is 6.78. The molecular weight excluding hydrogens is 393 g/mol. The lowest BCUT2D eigenvalue weighted by Crippen LogP contribution is -2.49. The summed E-state index contributed by atoms with van der Waals surface area (Å²) >= 11 is 1.54. The molecule has 0 unspecified atom stereocenters. The smallest absolute Gasteiger partial charge is 0.287 e. The van der Waals surface area contributed by atoms with E-state index in [2.05, 4.69) is 10.3 Å². The summed E-state index contributed by atoms with van der Waals surface area (Å²) in [6.07, 6.45) is 1.61. The van der Waals surface area contributed by atoms with Gasteiger partial charge in [-0.25, -0.2) is 4.98 Å². The number of rotatable bonds is 6. The Balaban J connectivity index is 0.00000169. The summed E-state index contributed by atoms with van der Waals surface area (Å²) in [6, 6.07) is 11.4. The summed E-state index contributed by atoms with van der Waals surface area (Å²) in [5, 5.41) is 3.63. The third-order valence-electron chi connectivity index (χ3n) is 4.34. The van der Waals surface area contributed by atoms with Crippen LogP contribution in [0.15, 0.2) is 40.8 Å². The molecule has 0 aliphatic heterocycles. The van der Waals surface area contributed by atoms with Crippen LogP contribution in [0.5, 0.6) is 0 Å². The van der Waals surface area contributed by atoms with Crippen molar-refractivity contribution in [3.63, 3.8) is 0 Å². The first-order valence-electron chi connectivity index (χ1n) is 8.07. The second-order valence-electron chi connectivity index (χ2n) is 5.90. The maximum atomic E-state index is 12.3. The van der Waals surface area contributed by atoms with Gasteiger partial charge in [0.05, 0.1) is 10.2 Å². The highest BCUT2D eigenvalue weighted by Crippen LogP contribution is 2.31. The molecular formula is C18H23Cl2N3O2S. The summed E-state index contributed by atoms with van der Waals surface area (Å²) in [4.78, 5) is 16.8. The number of carbonyl (C=O) groups excluding carboxylic acids is 1. The van der Waals surface area contributed by atoms with E-state index < -0.39 is 0 Å². The van der Waals surface area contributed by atoms with Crippen LogP contribution in [0.25, 0.3) is 21.0 Å². The van der Waals surface area contributed by atoms with E-state index in [4.69, 9.17) is 10.2 Å². The molecule has 3 rings (SSSR count). The number of thiazole rings is 1. The Morgan fingerprint density at radius 2 is 1.88 bits per heavy atom. The number of carbonyl (C=O) groups is 1. The van der Waals surface area contributed by atoms with Gasteiger partial charge in [-0.1, -0.05) is 26.0 Å². The van der Waals surface area contributed by atoms with Crippen molar-refractivity contribution in [3.8, 4) is 10.8 Å². The fourth-order valence-electron chi connectivity index (χ4n) is 2.40. The highest BCUT2D eigenvalue weighted by molar-refractivity contribution is 7.21. The van der Waals surface area contributed by atoms with Crippen molar-refractivity contribution >= 4 is 52.3 Å². The van der Waals surface area contributed by atoms with Crippen LogP contribution in [0, 0.1) is 0 Å². The van der Waals surface area contributed by atoms with Crippen molar-refractivity contribution in [2.75, 3.05) is 6.54 Å². The summed E-state index contributed by atoms with van der Waals surface area (Å²) in [5.41, 5.74) is 6.76.